The summed E-state index contributed by atoms with van der Waals surface area (Å²) in [6.07, 6.45) is 8.27. The van der Waals surface area contributed by atoms with Gasteiger partial charge in [-0.3, -0.25) is 15.6 Å². The maximum atomic E-state index is 8.56. The Labute approximate surface area is 146 Å². The summed E-state index contributed by atoms with van der Waals surface area (Å²) in [7, 11) is 0. The summed E-state index contributed by atoms with van der Waals surface area (Å²) in [5.41, 5.74) is 3.96. The topological polar surface area (TPSA) is 51.1 Å². The van der Waals surface area contributed by atoms with Gasteiger partial charge in [0, 0.05) is 36.7 Å². The molecule has 3 rings (SSSR count). The molecular weight excluding hydrogens is 356 g/mol. The highest BCUT2D eigenvalue weighted by molar-refractivity contribution is 9.10. The predicted octanol–water partition coefficient (Wildman–Crippen LogP) is 3.54. The highest BCUT2D eigenvalue weighted by atomic mass is 79.9. The molecule has 1 aliphatic heterocycles. The van der Waals surface area contributed by atoms with E-state index in [9.17, 15) is 0 Å². The Bertz CT molecular complexity index is 537. The monoisotopic (exact) mass is 380 g/mol. The number of hydroxylamine groups is 1. The summed E-state index contributed by atoms with van der Waals surface area (Å²) in [4.78, 5) is 9.24. The summed E-state index contributed by atoms with van der Waals surface area (Å²) in [5, 5.41) is 8.56. The molecule has 2 fully saturated rings. The molecule has 1 aliphatic carbocycles. The number of nitrogens with zero attached hydrogens (tertiary/aromatic N) is 3. The summed E-state index contributed by atoms with van der Waals surface area (Å²) >= 11 is 3.65. The van der Waals surface area contributed by atoms with Crippen LogP contribution >= 0.6 is 15.9 Å². The van der Waals surface area contributed by atoms with Crippen molar-refractivity contribution in [3.05, 3.63) is 22.7 Å². The Morgan fingerprint density at radius 1 is 1.13 bits per heavy atom. The van der Waals surface area contributed by atoms with E-state index in [-0.39, 0.29) is 0 Å². The zero-order valence-corrected chi connectivity index (χ0v) is 15.0. The molecule has 1 heterocycles. The van der Waals surface area contributed by atoms with Gasteiger partial charge in [0.15, 0.2) is 0 Å². The van der Waals surface area contributed by atoms with Crippen LogP contribution in [0.15, 0.2) is 27.7 Å². The van der Waals surface area contributed by atoms with Gasteiger partial charge in [0.05, 0.1) is 11.4 Å². The molecule has 0 spiro atoms. The number of benzene rings is 1. The number of anilines is 1. The number of rotatable bonds is 4. The van der Waals surface area contributed by atoms with Gasteiger partial charge >= 0.3 is 0 Å². The Morgan fingerprint density at radius 3 is 2.52 bits per heavy atom. The van der Waals surface area contributed by atoms with E-state index < -0.39 is 0 Å². The van der Waals surface area contributed by atoms with E-state index in [2.05, 4.69) is 36.8 Å². The van der Waals surface area contributed by atoms with Gasteiger partial charge in [0.25, 0.3) is 0 Å². The van der Waals surface area contributed by atoms with E-state index in [0.29, 0.717) is 0 Å². The lowest BCUT2D eigenvalue weighted by Gasteiger charge is -2.41. The third-order valence-electron chi connectivity index (χ3n) is 4.95. The number of halogens is 1. The molecule has 0 unspecified atom stereocenters. The lowest BCUT2D eigenvalue weighted by atomic mass is 9.94. The van der Waals surface area contributed by atoms with Crippen molar-refractivity contribution in [3.63, 3.8) is 0 Å². The first-order valence-electron chi connectivity index (χ1n) is 8.48. The first-order chi connectivity index (χ1) is 11.3. The van der Waals surface area contributed by atoms with Gasteiger partial charge in [-0.2, -0.15) is 0 Å². The highest BCUT2D eigenvalue weighted by Gasteiger charge is 2.25. The molecule has 2 aliphatic rings. The van der Waals surface area contributed by atoms with E-state index in [1.165, 1.54) is 44.1 Å². The molecule has 1 aromatic carbocycles. The molecule has 5 nitrogen and oxygen atoms in total. The van der Waals surface area contributed by atoms with E-state index in [1.54, 1.807) is 0 Å². The number of hydrogen-bond acceptors (Lipinski definition) is 4. The summed E-state index contributed by atoms with van der Waals surface area (Å²) < 4.78 is 1.05. The third kappa shape index (κ3) is 4.25. The van der Waals surface area contributed by atoms with Crippen LogP contribution < -0.4 is 10.4 Å². The van der Waals surface area contributed by atoms with Crippen molar-refractivity contribution < 1.29 is 5.21 Å². The number of hydrogen-bond donors (Lipinski definition) is 2. The number of piperazine rings is 1. The third-order valence-corrected chi connectivity index (χ3v) is 5.58. The standard InChI is InChI=1S/C17H25BrN4O/c18-16-12-14(19-13-20-23)6-7-17(16)22-10-8-21(9-11-22)15-4-2-1-3-5-15/h6-7,12-13,15,23H,1-5,8-11H2,(H,19,20). The van der Waals surface area contributed by atoms with Crippen LogP contribution in [0.1, 0.15) is 32.1 Å². The Morgan fingerprint density at radius 2 is 1.87 bits per heavy atom. The average molecular weight is 381 g/mol. The van der Waals surface area contributed by atoms with Crippen LogP contribution in [0.5, 0.6) is 0 Å². The maximum absolute atomic E-state index is 8.56. The molecule has 1 aromatic rings. The Balaban J connectivity index is 1.59. The van der Waals surface area contributed by atoms with E-state index in [1.807, 2.05) is 17.6 Å². The molecule has 126 valence electrons. The van der Waals surface area contributed by atoms with Gasteiger partial charge in [0.1, 0.15) is 6.34 Å². The van der Waals surface area contributed by atoms with Crippen molar-refractivity contribution in [3.8, 4) is 0 Å². The van der Waals surface area contributed by atoms with Gasteiger partial charge in [-0.05, 0) is 47.0 Å². The Hall–Kier alpha value is -1.11. The lowest BCUT2D eigenvalue weighted by Crippen LogP contribution is -2.50. The van der Waals surface area contributed by atoms with Crippen LogP contribution in [0.3, 0.4) is 0 Å². The highest BCUT2D eigenvalue weighted by Crippen LogP contribution is 2.32. The largest absolute Gasteiger partial charge is 0.368 e. The lowest BCUT2D eigenvalue weighted by molar-refractivity contribution is 0.148. The first kappa shape index (κ1) is 16.7. The minimum Gasteiger partial charge on any atom is -0.368 e. The van der Waals surface area contributed by atoms with E-state index >= 15 is 0 Å². The van der Waals surface area contributed by atoms with Crippen LogP contribution in [-0.2, 0) is 0 Å². The van der Waals surface area contributed by atoms with Crippen LogP contribution in [0.2, 0.25) is 0 Å². The second-order valence-corrected chi connectivity index (χ2v) is 7.19. The second kappa shape index (κ2) is 8.13. The van der Waals surface area contributed by atoms with Crippen LogP contribution in [0, 0.1) is 0 Å². The summed E-state index contributed by atoms with van der Waals surface area (Å²) in [5.74, 6) is 0. The fraction of sp³-hybridized carbons (Fsp3) is 0.588. The first-order valence-corrected chi connectivity index (χ1v) is 9.28. The molecule has 6 heteroatoms. The normalized spacial score (nSPS) is 21.0. The van der Waals surface area contributed by atoms with Crippen molar-refractivity contribution in [2.24, 2.45) is 4.99 Å². The van der Waals surface area contributed by atoms with Crippen LogP contribution in [0.4, 0.5) is 11.4 Å². The average Bonchev–Trinajstić information content (AvgIpc) is 2.61. The van der Waals surface area contributed by atoms with E-state index in [4.69, 9.17) is 5.21 Å². The molecule has 2 N–H and O–H groups in total. The molecule has 1 saturated carbocycles. The molecule has 0 aromatic heterocycles. The van der Waals surface area contributed by atoms with Gasteiger partial charge in [-0.1, -0.05) is 19.3 Å². The van der Waals surface area contributed by atoms with Crippen molar-refractivity contribution in [2.45, 2.75) is 38.1 Å². The molecule has 0 amide bonds. The molecule has 23 heavy (non-hydrogen) atoms. The van der Waals surface area contributed by atoms with Crippen LogP contribution in [-0.4, -0.2) is 48.7 Å². The second-order valence-electron chi connectivity index (χ2n) is 6.34. The van der Waals surface area contributed by atoms with Crippen molar-refractivity contribution >= 4 is 33.6 Å². The van der Waals surface area contributed by atoms with Gasteiger partial charge in [-0.15, -0.1) is 0 Å². The van der Waals surface area contributed by atoms with Gasteiger partial charge < -0.3 is 4.90 Å². The zero-order valence-electron chi connectivity index (χ0n) is 13.4. The number of aliphatic imine (C=N–C) groups is 1. The quantitative estimate of drug-likeness (QED) is 0.476. The molecule has 1 saturated heterocycles. The summed E-state index contributed by atoms with van der Waals surface area (Å²) in [6.45, 7) is 4.47. The molecule has 0 atom stereocenters. The van der Waals surface area contributed by atoms with Gasteiger partial charge in [-0.25, -0.2) is 4.99 Å². The zero-order chi connectivity index (χ0) is 16.1. The van der Waals surface area contributed by atoms with Crippen LogP contribution in [0.25, 0.3) is 0 Å². The van der Waals surface area contributed by atoms with Crippen molar-refractivity contribution in [1.82, 2.24) is 10.4 Å². The maximum Gasteiger partial charge on any atom is 0.113 e. The predicted molar refractivity (Wildman–Crippen MR) is 97.9 cm³/mol. The fourth-order valence-corrected chi connectivity index (χ4v) is 4.33. The van der Waals surface area contributed by atoms with E-state index in [0.717, 1.165) is 42.4 Å². The molecule has 0 radical (unpaired) electrons. The minimum atomic E-state index is 0.808. The van der Waals surface area contributed by atoms with Gasteiger partial charge in [0.2, 0.25) is 0 Å². The molecule has 0 bridgehead atoms. The SMILES string of the molecule is ONC=Nc1ccc(N2CCN(C3CCCCC3)CC2)c(Br)c1. The van der Waals surface area contributed by atoms with Crippen molar-refractivity contribution in [1.29, 1.82) is 0 Å². The Kier molecular flexibility index (Phi) is 5.91. The minimum absolute atomic E-state index is 0.808. The fourth-order valence-electron chi connectivity index (χ4n) is 3.71. The molecular formula is C17H25BrN4O. The summed E-state index contributed by atoms with van der Waals surface area (Å²) in [6, 6.07) is 6.87. The van der Waals surface area contributed by atoms with Crippen molar-refractivity contribution in [2.75, 3.05) is 31.1 Å². The smallest absolute Gasteiger partial charge is 0.113 e. The number of nitrogens with one attached hydrogen (secondary N) is 1.